The highest BCUT2D eigenvalue weighted by Crippen LogP contribution is 2.41. The van der Waals surface area contributed by atoms with E-state index in [4.69, 9.17) is 16.0 Å². The molecule has 35 heavy (non-hydrogen) atoms. The van der Waals surface area contributed by atoms with E-state index in [1.807, 2.05) is 18.2 Å². The first-order chi connectivity index (χ1) is 17.0. The third-order valence-electron chi connectivity index (χ3n) is 5.21. The van der Waals surface area contributed by atoms with E-state index in [-0.39, 0.29) is 17.6 Å². The summed E-state index contributed by atoms with van der Waals surface area (Å²) in [5.41, 5.74) is 2.45. The number of carbonyl (C=O) groups excluding carboxylic acids is 2. The Morgan fingerprint density at radius 2 is 1.86 bits per heavy atom. The minimum absolute atomic E-state index is 0.0454. The number of hydrogen-bond donors (Lipinski definition) is 3. The number of carbonyl (C=O) groups is 2. The first-order valence-electron chi connectivity index (χ1n) is 10.7. The smallest absolute Gasteiger partial charge is 0.254 e. The van der Waals surface area contributed by atoms with Crippen molar-refractivity contribution in [1.29, 1.82) is 5.26 Å². The van der Waals surface area contributed by atoms with Gasteiger partial charge in [-0.25, -0.2) is 0 Å². The molecule has 0 saturated carbocycles. The summed E-state index contributed by atoms with van der Waals surface area (Å²) in [5, 5.41) is 19.9. The second kappa shape index (κ2) is 11.0. The predicted octanol–water partition coefficient (Wildman–Crippen LogP) is 5.64. The van der Waals surface area contributed by atoms with Crippen LogP contribution >= 0.6 is 23.4 Å². The summed E-state index contributed by atoms with van der Waals surface area (Å²) in [7, 11) is 0. The molecule has 1 aliphatic heterocycles. The number of benzene rings is 2. The molecule has 3 N–H and O–H groups in total. The Labute approximate surface area is 211 Å². The van der Waals surface area contributed by atoms with Gasteiger partial charge in [0.25, 0.3) is 5.91 Å². The minimum atomic E-state index is -0.724. The average Bonchev–Trinajstić information content (AvgIpc) is 3.37. The molecule has 176 valence electrons. The fourth-order valence-electron chi connectivity index (χ4n) is 3.69. The molecule has 2 heterocycles. The molecule has 2 aromatic carbocycles. The summed E-state index contributed by atoms with van der Waals surface area (Å²) in [5.74, 6) is -0.824. The molecule has 3 aromatic rings. The van der Waals surface area contributed by atoms with Crippen LogP contribution in [0.4, 0.5) is 11.4 Å². The van der Waals surface area contributed by atoms with Gasteiger partial charge in [-0.05, 0) is 49.4 Å². The van der Waals surface area contributed by atoms with Gasteiger partial charge in [-0.3, -0.25) is 9.59 Å². The number of anilines is 2. The highest BCUT2D eigenvalue weighted by molar-refractivity contribution is 8.03. The van der Waals surface area contributed by atoms with E-state index in [0.29, 0.717) is 44.0 Å². The normalized spacial score (nSPS) is 15.3. The third-order valence-corrected chi connectivity index (χ3v) is 6.46. The molecule has 1 atom stereocenters. The lowest BCUT2D eigenvalue weighted by atomic mass is 9.85. The third kappa shape index (κ3) is 5.77. The highest BCUT2D eigenvalue weighted by atomic mass is 35.5. The van der Waals surface area contributed by atoms with E-state index in [2.05, 4.69) is 22.0 Å². The van der Waals surface area contributed by atoms with Gasteiger partial charge in [0.2, 0.25) is 5.91 Å². The van der Waals surface area contributed by atoms with Gasteiger partial charge in [0, 0.05) is 22.1 Å². The van der Waals surface area contributed by atoms with Crippen molar-refractivity contribution < 1.29 is 14.0 Å². The molecule has 0 radical (unpaired) electrons. The standard InChI is InChI=1S/C26H21ClN4O3S/c1-16-23(25(33)31-18-8-3-2-4-9-18)24(21-11-6-12-34-21)20(14-28)26(29-16)35-15-22(32)30-19-10-5-7-17(27)13-19/h2-13,24,29H,15H2,1H3,(H,30,32)(H,31,33)/t24-/m1/s1. The number of nitriles is 1. The van der Waals surface area contributed by atoms with Gasteiger partial charge in [-0.15, -0.1) is 0 Å². The zero-order valence-electron chi connectivity index (χ0n) is 18.7. The van der Waals surface area contributed by atoms with Crippen molar-refractivity contribution in [1.82, 2.24) is 5.32 Å². The molecule has 0 spiro atoms. The van der Waals surface area contributed by atoms with Crippen LogP contribution in [0.5, 0.6) is 0 Å². The largest absolute Gasteiger partial charge is 0.468 e. The van der Waals surface area contributed by atoms with E-state index >= 15 is 0 Å². The second-order valence-corrected chi connectivity index (χ2v) is 9.06. The Balaban J connectivity index is 1.58. The first kappa shape index (κ1) is 24.2. The Kier molecular flexibility index (Phi) is 7.60. The van der Waals surface area contributed by atoms with Gasteiger partial charge >= 0.3 is 0 Å². The maximum Gasteiger partial charge on any atom is 0.254 e. The van der Waals surface area contributed by atoms with E-state index in [1.165, 1.54) is 18.0 Å². The molecule has 0 unspecified atom stereocenters. The van der Waals surface area contributed by atoms with Crippen LogP contribution in [-0.2, 0) is 9.59 Å². The van der Waals surface area contributed by atoms with Gasteiger partial charge in [0.15, 0.2) is 0 Å². The summed E-state index contributed by atoms with van der Waals surface area (Å²) in [6.45, 7) is 1.76. The van der Waals surface area contributed by atoms with Crippen molar-refractivity contribution in [3.05, 3.63) is 106 Å². The molecule has 0 saturated heterocycles. The van der Waals surface area contributed by atoms with Crippen LogP contribution < -0.4 is 16.0 Å². The SMILES string of the molecule is CC1=C(C(=O)Nc2ccccc2)[C@@H](c2ccco2)C(C#N)=C(SCC(=O)Nc2cccc(Cl)c2)N1. The number of para-hydroxylation sites is 1. The Bertz CT molecular complexity index is 1340. The number of thioether (sulfide) groups is 1. The number of amides is 2. The van der Waals surface area contributed by atoms with Crippen molar-refractivity contribution in [3.8, 4) is 6.07 Å². The molecule has 0 aliphatic carbocycles. The van der Waals surface area contributed by atoms with Crippen LogP contribution in [0.1, 0.15) is 18.6 Å². The maximum absolute atomic E-state index is 13.3. The molecule has 0 bridgehead atoms. The first-order valence-corrected chi connectivity index (χ1v) is 12.0. The molecule has 0 fully saturated rings. The van der Waals surface area contributed by atoms with E-state index < -0.39 is 5.92 Å². The number of halogens is 1. The fourth-order valence-corrected chi connectivity index (χ4v) is 4.77. The van der Waals surface area contributed by atoms with Crippen LogP contribution in [0.2, 0.25) is 5.02 Å². The van der Waals surface area contributed by atoms with Crippen molar-refractivity contribution in [3.63, 3.8) is 0 Å². The number of rotatable bonds is 7. The topological polar surface area (TPSA) is 107 Å². The molecule has 9 heteroatoms. The predicted molar refractivity (Wildman–Crippen MR) is 138 cm³/mol. The van der Waals surface area contributed by atoms with Crippen molar-refractivity contribution in [2.24, 2.45) is 0 Å². The number of nitrogens with zero attached hydrogens (tertiary/aromatic N) is 1. The van der Waals surface area contributed by atoms with E-state index in [0.717, 1.165) is 0 Å². The minimum Gasteiger partial charge on any atom is -0.468 e. The quantitative estimate of drug-likeness (QED) is 0.384. The van der Waals surface area contributed by atoms with Gasteiger partial charge < -0.3 is 20.4 Å². The Hall–Kier alpha value is -3.93. The lowest BCUT2D eigenvalue weighted by Gasteiger charge is -2.28. The number of nitrogens with one attached hydrogen (secondary N) is 3. The lowest BCUT2D eigenvalue weighted by molar-refractivity contribution is -0.114. The van der Waals surface area contributed by atoms with Gasteiger partial charge in [-0.2, -0.15) is 5.26 Å². The monoisotopic (exact) mass is 504 g/mol. The number of dihydropyridines is 1. The zero-order chi connectivity index (χ0) is 24.8. The Morgan fingerprint density at radius 3 is 2.54 bits per heavy atom. The molecular weight excluding hydrogens is 484 g/mol. The highest BCUT2D eigenvalue weighted by Gasteiger charge is 2.36. The van der Waals surface area contributed by atoms with Crippen LogP contribution in [0.3, 0.4) is 0 Å². The fraction of sp³-hybridized carbons (Fsp3) is 0.115. The summed E-state index contributed by atoms with van der Waals surface area (Å²) in [6.07, 6.45) is 1.50. The van der Waals surface area contributed by atoms with Crippen LogP contribution in [0.15, 0.2) is 99.3 Å². The average molecular weight is 505 g/mol. The van der Waals surface area contributed by atoms with Crippen molar-refractivity contribution in [2.75, 3.05) is 16.4 Å². The Morgan fingerprint density at radius 1 is 1.09 bits per heavy atom. The summed E-state index contributed by atoms with van der Waals surface area (Å²) >= 11 is 7.16. The lowest BCUT2D eigenvalue weighted by Crippen LogP contribution is -2.31. The number of furan rings is 1. The molecule has 2 amide bonds. The summed E-state index contributed by atoms with van der Waals surface area (Å²) in [6, 6.07) is 21.6. The van der Waals surface area contributed by atoms with E-state index in [1.54, 1.807) is 55.5 Å². The van der Waals surface area contributed by atoms with Crippen LogP contribution in [0.25, 0.3) is 0 Å². The molecule has 7 nitrogen and oxygen atoms in total. The van der Waals surface area contributed by atoms with E-state index in [9.17, 15) is 14.9 Å². The summed E-state index contributed by atoms with van der Waals surface area (Å²) < 4.78 is 5.62. The molecule has 4 rings (SSSR count). The van der Waals surface area contributed by atoms with Crippen LogP contribution in [-0.4, -0.2) is 17.6 Å². The van der Waals surface area contributed by atoms with Gasteiger partial charge in [0.05, 0.1) is 40.2 Å². The van der Waals surface area contributed by atoms with Crippen molar-refractivity contribution >= 4 is 46.6 Å². The van der Waals surface area contributed by atoms with Crippen molar-refractivity contribution in [2.45, 2.75) is 12.8 Å². The zero-order valence-corrected chi connectivity index (χ0v) is 20.2. The summed E-state index contributed by atoms with van der Waals surface area (Å²) in [4.78, 5) is 25.8. The molecule has 1 aliphatic rings. The number of allylic oxidation sites excluding steroid dienone is 2. The number of hydrogen-bond acceptors (Lipinski definition) is 6. The molecule has 1 aromatic heterocycles. The molecular formula is C26H21ClN4O3S. The maximum atomic E-state index is 13.3. The van der Waals surface area contributed by atoms with Gasteiger partial charge in [-0.1, -0.05) is 47.6 Å². The second-order valence-electron chi connectivity index (χ2n) is 7.63. The van der Waals surface area contributed by atoms with Crippen LogP contribution in [0, 0.1) is 11.3 Å². The van der Waals surface area contributed by atoms with Gasteiger partial charge in [0.1, 0.15) is 5.76 Å².